The number of nitrogens with one attached hydrogen (secondary N) is 1. The molecule has 3 unspecified atom stereocenters. The zero-order chi connectivity index (χ0) is 12.0. The monoisotopic (exact) mass is 247 g/mol. The highest BCUT2D eigenvalue weighted by Crippen LogP contribution is 2.29. The van der Waals surface area contributed by atoms with E-state index in [0.29, 0.717) is 12.6 Å². The maximum absolute atomic E-state index is 10.4. The van der Waals surface area contributed by atoms with Crippen molar-refractivity contribution in [2.45, 2.75) is 50.0 Å². The summed E-state index contributed by atoms with van der Waals surface area (Å²) in [4.78, 5) is 10.4. The first-order chi connectivity index (χ1) is 7.61. The van der Waals surface area contributed by atoms with Crippen LogP contribution in [0.3, 0.4) is 0 Å². The van der Waals surface area contributed by atoms with Gasteiger partial charge >= 0.3 is 5.97 Å². The van der Waals surface area contributed by atoms with Crippen LogP contribution in [-0.2, 0) is 4.79 Å². The zero-order valence-corrected chi connectivity index (χ0v) is 10.5. The maximum atomic E-state index is 10.4. The molecule has 0 aromatic carbocycles. The van der Waals surface area contributed by atoms with Crippen molar-refractivity contribution in [3.8, 4) is 0 Å². The molecule has 1 saturated carbocycles. The van der Waals surface area contributed by atoms with Gasteiger partial charge in [0.1, 0.15) is 0 Å². The second-order valence-corrected chi connectivity index (χ2v) is 5.82. The number of carboxylic acids is 1. The average Bonchev–Trinajstić information content (AvgIpc) is 2.62. The Morgan fingerprint density at radius 1 is 1.56 bits per heavy atom. The van der Waals surface area contributed by atoms with Crippen LogP contribution < -0.4 is 5.32 Å². The van der Waals surface area contributed by atoms with Gasteiger partial charge in [0.15, 0.2) is 0 Å². The summed E-state index contributed by atoms with van der Waals surface area (Å²) in [5, 5.41) is 21.9. The van der Waals surface area contributed by atoms with Gasteiger partial charge in [-0.3, -0.25) is 4.79 Å². The van der Waals surface area contributed by atoms with E-state index in [1.165, 1.54) is 6.42 Å². The van der Waals surface area contributed by atoms with Crippen LogP contribution in [0.2, 0.25) is 0 Å². The summed E-state index contributed by atoms with van der Waals surface area (Å²) >= 11 is 1.99. The lowest BCUT2D eigenvalue weighted by atomic mass is 10.2. The molecule has 0 heterocycles. The SMILES string of the molecule is CCSC1CCC(NCC(O)CC(=O)O)C1. The van der Waals surface area contributed by atoms with Crippen LogP contribution in [-0.4, -0.2) is 45.9 Å². The predicted octanol–water partition coefficient (Wildman–Crippen LogP) is 1.09. The molecule has 0 radical (unpaired) electrons. The van der Waals surface area contributed by atoms with Crippen molar-refractivity contribution < 1.29 is 15.0 Å². The molecule has 3 atom stereocenters. The highest BCUT2D eigenvalue weighted by atomic mass is 32.2. The Labute approximate surface area is 101 Å². The van der Waals surface area contributed by atoms with Crippen LogP contribution in [0, 0.1) is 0 Å². The summed E-state index contributed by atoms with van der Waals surface area (Å²) in [5.74, 6) is 0.207. The third-order valence-corrected chi connectivity index (χ3v) is 4.07. The molecule has 0 aliphatic heterocycles. The molecular formula is C11H21NO3S. The predicted molar refractivity (Wildman–Crippen MR) is 65.8 cm³/mol. The summed E-state index contributed by atoms with van der Waals surface area (Å²) in [6.45, 7) is 2.56. The summed E-state index contributed by atoms with van der Waals surface area (Å²) < 4.78 is 0. The number of carboxylic acid groups (broad SMARTS) is 1. The van der Waals surface area contributed by atoms with Crippen molar-refractivity contribution >= 4 is 17.7 Å². The Bertz CT molecular complexity index is 225. The van der Waals surface area contributed by atoms with Crippen molar-refractivity contribution in [3.05, 3.63) is 0 Å². The van der Waals surface area contributed by atoms with Gasteiger partial charge in [0, 0.05) is 17.8 Å². The van der Waals surface area contributed by atoms with Crippen molar-refractivity contribution in [2.75, 3.05) is 12.3 Å². The lowest BCUT2D eigenvalue weighted by Gasteiger charge is -2.15. The molecule has 1 rings (SSSR count). The molecule has 16 heavy (non-hydrogen) atoms. The Balaban J connectivity index is 2.12. The molecule has 4 nitrogen and oxygen atoms in total. The van der Waals surface area contributed by atoms with Crippen LogP contribution in [0.25, 0.3) is 0 Å². The summed E-state index contributed by atoms with van der Waals surface area (Å²) in [5.41, 5.74) is 0. The second kappa shape index (κ2) is 7.14. The summed E-state index contributed by atoms with van der Waals surface area (Å²) in [6.07, 6.45) is 2.56. The first-order valence-electron chi connectivity index (χ1n) is 5.86. The lowest BCUT2D eigenvalue weighted by molar-refractivity contribution is -0.139. The van der Waals surface area contributed by atoms with Crippen molar-refractivity contribution in [3.63, 3.8) is 0 Å². The number of thioether (sulfide) groups is 1. The van der Waals surface area contributed by atoms with Gasteiger partial charge in [0.05, 0.1) is 12.5 Å². The molecule has 3 N–H and O–H groups in total. The van der Waals surface area contributed by atoms with E-state index >= 15 is 0 Å². The number of hydrogen-bond acceptors (Lipinski definition) is 4. The standard InChI is InChI=1S/C11H21NO3S/c1-2-16-10-4-3-8(5-10)12-7-9(13)6-11(14)15/h8-10,12-13H,2-7H2,1H3,(H,14,15). The smallest absolute Gasteiger partial charge is 0.306 e. The van der Waals surface area contributed by atoms with Crippen LogP contribution in [0.1, 0.15) is 32.6 Å². The molecule has 0 bridgehead atoms. The number of aliphatic hydroxyl groups excluding tert-OH is 1. The van der Waals surface area contributed by atoms with Crippen molar-refractivity contribution in [2.24, 2.45) is 0 Å². The molecule has 0 saturated heterocycles. The number of aliphatic hydroxyl groups is 1. The van der Waals surface area contributed by atoms with Crippen LogP contribution in [0.5, 0.6) is 0 Å². The minimum Gasteiger partial charge on any atom is -0.481 e. The van der Waals surface area contributed by atoms with Gasteiger partial charge in [-0.05, 0) is 25.0 Å². The number of carbonyl (C=O) groups is 1. The Morgan fingerprint density at radius 3 is 2.94 bits per heavy atom. The molecule has 0 spiro atoms. The topological polar surface area (TPSA) is 69.6 Å². The average molecular weight is 247 g/mol. The summed E-state index contributed by atoms with van der Waals surface area (Å²) in [6, 6.07) is 0.451. The molecule has 0 aromatic heterocycles. The van der Waals surface area contributed by atoms with Crippen LogP contribution in [0.15, 0.2) is 0 Å². The zero-order valence-electron chi connectivity index (χ0n) is 9.69. The summed E-state index contributed by atoms with van der Waals surface area (Å²) in [7, 11) is 0. The van der Waals surface area contributed by atoms with E-state index in [2.05, 4.69) is 12.2 Å². The number of hydrogen-bond donors (Lipinski definition) is 3. The molecular weight excluding hydrogens is 226 g/mol. The lowest BCUT2D eigenvalue weighted by Crippen LogP contribution is -2.35. The van der Waals surface area contributed by atoms with Gasteiger partial charge in [0.25, 0.3) is 0 Å². The van der Waals surface area contributed by atoms with Gasteiger partial charge in [0.2, 0.25) is 0 Å². The van der Waals surface area contributed by atoms with E-state index in [0.717, 1.165) is 23.8 Å². The first-order valence-corrected chi connectivity index (χ1v) is 6.91. The molecule has 5 heteroatoms. The van der Waals surface area contributed by atoms with Crippen LogP contribution >= 0.6 is 11.8 Å². The van der Waals surface area contributed by atoms with Crippen molar-refractivity contribution in [1.82, 2.24) is 5.32 Å². The minimum atomic E-state index is -0.944. The first kappa shape index (κ1) is 13.8. The van der Waals surface area contributed by atoms with Gasteiger partial charge in [-0.25, -0.2) is 0 Å². The van der Waals surface area contributed by atoms with E-state index in [-0.39, 0.29) is 6.42 Å². The Hall–Kier alpha value is -0.260. The molecule has 1 aliphatic carbocycles. The minimum absolute atomic E-state index is 0.174. The maximum Gasteiger partial charge on any atom is 0.306 e. The Kier molecular flexibility index (Phi) is 6.16. The van der Waals surface area contributed by atoms with Gasteiger partial charge in [-0.1, -0.05) is 6.92 Å². The van der Waals surface area contributed by atoms with E-state index < -0.39 is 12.1 Å². The van der Waals surface area contributed by atoms with E-state index in [4.69, 9.17) is 5.11 Å². The molecule has 94 valence electrons. The third-order valence-electron chi connectivity index (χ3n) is 2.84. The van der Waals surface area contributed by atoms with E-state index in [9.17, 15) is 9.90 Å². The fourth-order valence-electron chi connectivity index (χ4n) is 2.09. The van der Waals surface area contributed by atoms with Gasteiger partial charge in [-0.2, -0.15) is 11.8 Å². The van der Waals surface area contributed by atoms with E-state index in [1.54, 1.807) is 0 Å². The molecule has 0 amide bonds. The number of rotatable bonds is 7. The van der Waals surface area contributed by atoms with E-state index in [1.807, 2.05) is 11.8 Å². The Morgan fingerprint density at radius 2 is 2.31 bits per heavy atom. The highest BCUT2D eigenvalue weighted by Gasteiger charge is 2.24. The molecule has 1 fully saturated rings. The fourth-order valence-corrected chi connectivity index (χ4v) is 3.23. The molecule has 1 aliphatic rings. The normalized spacial score (nSPS) is 26.9. The quantitative estimate of drug-likeness (QED) is 0.628. The van der Waals surface area contributed by atoms with Crippen LogP contribution in [0.4, 0.5) is 0 Å². The fraction of sp³-hybridized carbons (Fsp3) is 0.909. The largest absolute Gasteiger partial charge is 0.481 e. The number of aliphatic carboxylic acids is 1. The van der Waals surface area contributed by atoms with Gasteiger partial charge < -0.3 is 15.5 Å². The highest BCUT2D eigenvalue weighted by molar-refractivity contribution is 7.99. The van der Waals surface area contributed by atoms with Gasteiger partial charge in [-0.15, -0.1) is 0 Å². The molecule has 0 aromatic rings. The second-order valence-electron chi connectivity index (χ2n) is 4.25. The van der Waals surface area contributed by atoms with Crippen molar-refractivity contribution in [1.29, 1.82) is 0 Å². The third kappa shape index (κ3) is 5.18.